The fourth-order valence-corrected chi connectivity index (χ4v) is 2.73. The highest BCUT2D eigenvalue weighted by molar-refractivity contribution is 6.30. The van der Waals surface area contributed by atoms with Crippen LogP contribution in [0.15, 0.2) is 42.5 Å². The Kier molecular flexibility index (Phi) is 3.86. The average molecular weight is 315 g/mol. The molecule has 2 amide bonds. The Morgan fingerprint density at radius 2 is 1.86 bits per heavy atom. The first-order chi connectivity index (χ1) is 10.5. The summed E-state index contributed by atoms with van der Waals surface area (Å²) in [7, 11) is 0. The Balaban J connectivity index is 1.80. The van der Waals surface area contributed by atoms with Crippen molar-refractivity contribution in [3.63, 3.8) is 0 Å². The fourth-order valence-electron chi connectivity index (χ4n) is 2.61. The lowest BCUT2D eigenvalue weighted by atomic mass is 10.1. The van der Waals surface area contributed by atoms with Crippen molar-refractivity contribution in [2.24, 2.45) is 0 Å². The van der Waals surface area contributed by atoms with Crippen LogP contribution in [0.1, 0.15) is 22.8 Å². The maximum Gasteiger partial charge on any atom is 0.255 e. The number of rotatable bonds is 2. The van der Waals surface area contributed by atoms with Crippen molar-refractivity contribution in [3.8, 4) is 0 Å². The first-order valence-corrected chi connectivity index (χ1v) is 7.40. The van der Waals surface area contributed by atoms with Gasteiger partial charge in [0.1, 0.15) is 0 Å². The molecule has 0 fully saturated rings. The molecule has 4 nitrogen and oxygen atoms in total. The van der Waals surface area contributed by atoms with Crippen molar-refractivity contribution in [3.05, 3.63) is 58.6 Å². The normalized spacial score (nSPS) is 12.9. The van der Waals surface area contributed by atoms with Gasteiger partial charge in [-0.3, -0.25) is 9.59 Å². The van der Waals surface area contributed by atoms with E-state index in [1.807, 2.05) is 12.1 Å². The van der Waals surface area contributed by atoms with Crippen LogP contribution >= 0.6 is 11.6 Å². The molecule has 0 saturated carbocycles. The smallest absolute Gasteiger partial charge is 0.255 e. The number of carbonyl (C=O) groups is 2. The molecule has 0 aliphatic carbocycles. The summed E-state index contributed by atoms with van der Waals surface area (Å²) in [5, 5.41) is 3.46. The number of fused-ring (bicyclic) bond motifs is 1. The molecular weight excluding hydrogens is 300 g/mol. The molecule has 2 aromatic rings. The minimum absolute atomic E-state index is 0.0251. The van der Waals surface area contributed by atoms with Gasteiger partial charge in [-0.1, -0.05) is 11.6 Å². The van der Waals surface area contributed by atoms with Crippen LogP contribution in [0.25, 0.3) is 0 Å². The largest absolute Gasteiger partial charge is 0.322 e. The van der Waals surface area contributed by atoms with Gasteiger partial charge in [-0.05, 0) is 54.4 Å². The van der Waals surface area contributed by atoms with Crippen molar-refractivity contribution < 1.29 is 9.59 Å². The number of anilines is 2. The van der Waals surface area contributed by atoms with Gasteiger partial charge in [-0.2, -0.15) is 0 Å². The molecule has 3 rings (SSSR count). The van der Waals surface area contributed by atoms with E-state index in [4.69, 9.17) is 11.6 Å². The molecule has 0 unspecified atom stereocenters. The van der Waals surface area contributed by atoms with Gasteiger partial charge < -0.3 is 10.2 Å². The number of hydrogen-bond donors (Lipinski definition) is 1. The van der Waals surface area contributed by atoms with E-state index in [2.05, 4.69) is 5.32 Å². The Morgan fingerprint density at radius 1 is 1.14 bits per heavy atom. The lowest BCUT2D eigenvalue weighted by Gasteiger charge is -2.14. The van der Waals surface area contributed by atoms with Gasteiger partial charge in [0.05, 0.1) is 0 Å². The molecule has 1 heterocycles. The second kappa shape index (κ2) is 5.81. The topological polar surface area (TPSA) is 49.4 Å². The molecule has 0 spiro atoms. The van der Waals surface area contributed by atoms with E-state index in [1.54, 1.807) is 42.2 Å². The maximum atomic E-state index is 12.3. The van der Waals surface area contributed by atoms with E-state index in [1.165, 1.54) is 0 Å². The van der Waals surface area contributed by atoms with Gasteiger partial charge in [0.15, 0.2) is 0 Å². The number of hydrogen-bond acceptors (Lipinski definition) is 2. The summed E-state index contributed by atoms with van der Waals surface area (Å²) in [5.74, 6) is -0.150. The predicted molar refractivity (Wildman–Crippen MR) is 87.6 cm³/mol. The summed E-state index contributed by atoms with van der Waals surface area (Å²) < 4.78 is 0. The van der Waals surface area contributed by atoms with Gasteiger partial charge in [0.2, 0.25) is 5.91 Å². The van der Waals surface area contributed by atoms with Gasteiger partial charge in [-0.25, -0.2) is 0 Å². The quantitative estimate of drug-likeness (QED) is 0.922. The Labute approximate surface area is 133 Å². The third kappa shape index (κ3) is 2.83. The highest BCUT2D eigenvalue weighted by atomic mass is 35.5. The second-order valence-corrected chi connectivity index (χ2v) is 5.66. The van der Waals surface area contributed by atoms with Crippen LogP contribution in [0.3, 0.4) is 0 Å². The first kappa shape index (κ1) is 14.6. The van der Waals surface area contributed by atoms with Crippen molar-refractivity contribution in [1.82, 2.24) is 0 Å². The van der Waals surface area contributed by atoms with Crippen LogP contribution in [-0.2, 0) is 11.2 Å². The predicted octanol–water partition coefficient (Wildman–Crippen LogP) is 3.50. The lowest BCUT2D eigenvalue weighted by molar-refractivity contribution is -0.116. The van der Waals surface area contributed by atoms with Crippen molar-refractivity contribution >= 4 is 34.8 Å². The van der Waals surface area contributed by atoms with E-state index in [0.717, 1.165) is 17.7 Å². The number of benzene rings is 2. The lowest BCUT2D eigenvalue weighted by Crippen LogP contribution is -2.25. The van der Waals surface area contributed by atoms with Crippen molar-refractivity contribution in [2.75, 3.05) is 16.8 Å². The standard InChI is InChI=1S/C17H15ClN2O2/c1-11(21)20-9-8-12-10-13(2-7-16(12)20)17(22)19-15-5-3-14(18)4-6-15/h2-7,10H,8-9H2,1H3,(H,19,22). The summed E-state index contributed by atoms with van der Waals surface area (Å²) in [6.07, 6.45) is 0.775. The zero-order chi connectivity index (χ0) is 15.7. The molecule has 1 aliphatic heterocycles. The fraction of sp³-hybridized carbons (Fsp3) is 0.176. The molecule has 1 aliphatic rings. The summed E-state index contributed by atoms with van der Waals surface area (Å²) in [4.78, 5) is 25.6. The molecule has 0 aromatic heterocycles. The van der Waals surface area contributed by atoms with E-state index in [-0.39, 0.29) is 11.8 Å². The van der Waals surface area contributed by atoms with Gasteiger partial charge in [-0.15, -0.1) is 0 Å². The monoisotopic (exact) mass is 314 g/mol. The number of amides is 2. The van der Waals surface area contributed by atoms with Gasteiger partial charge in [0.25, 0.3) is 5.91 Å². The van der Waals surface area contributed by atoms with Crippen LogP contribution in [-0.4, -0.2) is 18.4 Å². The molecule has 22 heavy (non-hydrogen) atoms. The minimum atomic E-state index is -0.175. The molecule has 0 radical (unpaired) electrons. The number of halogens is 1. The average Bonchev–Trinajstić information content (AvgIpc) is 2.92. The SMILES string of the molecule is CC(=O)N1CCc2cc(C(=O)Nc3ccc(Cl)cc3)ccc21. The van der Waals surface area contributed by atoms with Crippen LogP contribution in [0.2, 0.25) is 5.02 Å². The third-order valence-corrected chi connectivity index (χ3v) is 3.97. The zero-order valence-corrected chi connectivity index (χ0v) is 12.9. The van der Waals surface area contributed by atoms with Crippen LogP contribution in [0.4, 0.5) is 11.4 Å². The summed E-state index contributed by atoms with van der Waals surface area (Å²) in [5.41, 5.74) is 3.20. The molecule has 0 bridgehead atoms. The van der Waals surface area contributed by atoms with E-state index in [0.29, 0.717) is 22.8 Å². The van der Waals surface area contributed by atoms with E-state index < -0.39 is 0 Å². The molecule has 0 atom stereocenters. The van der Waals surface area contributed by atoms with Crippen LogP contribution < -0.4 is 10.2 Å². The number of nitrogens with one attached hydrogen (secondary N) is 1. The molecular formula is C17H15ClN2O2. The number of nitrogens with zero attached hydrogens (tertiary/aromatic N) is 1. The maximum absolute atomic E-state index is 12.3. The third-order valence-electron chi connectivity index (χ3n) is 3.72. The Morgan fingerprint density at radius 3 is 2.55 bits per heavy atom. The van der Waals surface area contributed by atoms with Gasteiger partial charge >= 0.3 is 0 Å². The minimum Gasteiger partial charge on any atom is -0.322 e. The molecule has 112 valence electrons. The number of carbonyl (C=O) groups excluding carboxylic acids is 2. The summed E-state index contributed by atoms with van der Waals surface area (Å²) >= 11 is 5.82. The van der Waals surface area contributed by atoms with Crippen LogP contribution in [0, 0.1) is 0 Å². The summed E-state index contributed by atoms with van der Waals surface area (Å²) in [6.45, 7) is 2.23. The zero-order valence-electron chi connectivity index (χ0n) is 12.1. The molecule has 1 N–H and O–H groups in total. The molecule has 2 aromatic carbocycles. The second-order valence-electron chi connectivity index (χ2n) is 5.23. The first-order valence-electron chi connectivity index (χ1n) is 7.02. The molecule has 5 heteroatoms. The highest BCUT2D eigenvalue weighted by Gasteiger charge is 2.23. The van der Waals surface area contributed by atoms with Crippen molar-refractivity contribution in [2.45, 2.75) is 13.3 Å². The summed E-state index contributed by atoms with van der Waals surface area (Å²) in [6, 6.07) is 12.4. The van der Waals surface area contributed by atoms with Gasteiger partial charge in [0, 0.05) is 35.4 Å². The van der Waals surface area contributed by atoms with Crippen molar-refractivity contribution in [1.29, 1.82) is 0 Å². The van der Waals surface area contributed by atoms with E-state index in [9.17, 15) is 9.59 Å². The Bertz CT molecular complexity index is 741. The highest BCUT2D eigenvalue weighted by Crippen LogP contribution is 2.29. The molecule has 0 saturated heterocycles. The van der Waals surface area contributed by atoms with Crippen LogP contribution in [0.5, 0.6) is 0 Å². The van der Waals surface area contributed by atoms with E-state index >= 15 is 0 Å². The Hall–Kier alpha value is -2.33.